The van der Waals surface area contributed by atoms with E-state index in [2.05, 4.69) is 10.6 Å². The molecule has 0 aliphatic rings. The van der Waals surface area contributed by atoms with Gasteiger partial charge in [0.2, 0.25) is 11.8 Å². The fourth-order valence-corrected chi connectivity index (χ4v) is 2.11. The minimum Gasteiger partial charge on any atom is -0.495 e. The number of amides is 2. The van der Waals surface area contributed by atoms with Gasteiger partial charge >= 0.3 is 0 Å². The SMILES string of the molecule is COc1ccc(NC(C)=O)cc1NC(=O)Cc1cccc(F)c1. The van der Waals surface area contributed by atoms with Crippen molar-refractivity contribution in [2.75, 3.05) is 17.7 Å². The van der Waals surface area contributed by atoms with Gasteiger partial charge in [0.1, 0.15) is 11.6 Å². The highest BCUT2D eigenvalue weighted by molar-refractivity contribution is 5.95. The molecule has 2 aromatic rings. The van der Waals surface area contributed by atoms with Crippen molar-refractivity contribution in [1.29, 1.82) is 0 Å². The molecule has 6 heteroatoms. The average Bonchev–Trinajstić information content (AvgIpc) is 2.46. The molecule has 0 bridgehead atoms. The number of hydrogen-bond donors (Lipinski definition) is 2. The van der Waals surface area contributed by atoms with E-state index < -0.39 is 0 Å². The lowest BCUT2D eigenvalue weighted by atomic mass is 10.1. The Labute approximate surface area is 133 Å². The average molecular weight is 316 g/mol. The summed E-state index contributed by atoms with van der Waals surface area (Å²) in [6.45, 7) is 1.40. The molecule has 120 valence electrons. The van der Waals surface area contributed by atoms with E-state index in [0.717, 1.165) is 0 Å². The summed E-state index contributed by atoms with van der Waals surface area (Å²) >= 11 is 0. The quantitative estimate of drug-likeness (QED) is 0.891. The van der Waals surface area contributed by atoms with Crippen LogP contribution in [0.25, 0.3) is 0 Å². The fourth-order valence-electron chi connectivity index (χ4n) is 2.11. The molecule has 0 heterocycles. The molecule has 0 saturated heterocycles. The molecule has 2 N–H and O–H groups in total. The maximum Gasteiger partial charge on any atom is 0.228 e. The second kappa shape index (κ2) is 7.40. The summed E-state index contributed by atoms with van der Waals surface area (Å²) < 4.78 is 18.3. The normalized spacial score (nSPS) is 10.0. The number of benzene rings is 2. The second-order valence-electron chi connectivity index (χ2n) is 4.95. The third kappa shape index (κ3) is 4.81. The van der Waals surface area contributed by atoms with Crippen molar-refractivity contribution >= 4 is 23.2 Å². The number of ether oxygens (including phenoxy) is 1. The maximum atomic E-state index is 13.1. The van der Waals surface area contributed by atoms with E-state index in [9.17, 15) is 14.0 Å². The first kappa shape index (κ1) is 16.5. The largest absolute Gasteiger partial charge is 0.495 e. The van der Waals surface area contributed by atoms with Crippen LogP contribution in [0.1, 0.15) is 12.5 Å². The van der Waals surface area contributed by atoms with Crippen molar-refractivity contribution in [2.24, 2.45) is 0 Å². The van der Waals surface area contributed by atoms with E-state index in [1.807, 2.05) is 0 Å². The first-order valence-corrected chi connectivity index (χ1v) is 6.98. The Hall–Kier alpha value is -2.89. The van der Waals surface area contributed by atoms with Gasteiger partial charge in [-0.25, -0.2) is 4.39 Å². The molecule has 2 rings (SSSR count). The van der Waals surface area contributed by atoms with E-state index >= 15 is 0 Å². The number of carbonyl (C=O) groups excluding carboxylic acids is 2. The highest BCUT2D eigenvalue weighted by Gasteiger charge is 2.10. The highest BCUT2D eigenvalue weighted by Crippen LogP contribution is 2.28. The zero-order valence-corrected chi connectivity index (χ0v) is 12.9. The van der Waals surface area contributed by atoms with Crippen molar-refractivity contribution in [3.05, 3.63) is 53.8 Å². The number of carbonyl (C=O) groups is 2. The number of halogens is 1. The molecule has 0 fully saturated rings. The molecule has 0 unspecified atom stereocenters. The predicted octanol–water partition coefficient (Wildman–Crippen LogP) is 2.97. The molecule has 0 aliphatic heterocycles. The molecule has 5 nitrogen and oxygen atoms in total. The van der Waals surface area contributed by atoms with Crippen LogP contribution in [0.5, 0.6) is 5.75 Å². The zero-order chi connectivity index (χ0) is 16.8. The standard InChI is InChI=1S/C17H17FN2O3/c1-11(21)19-14-6-7-16(23-2)15(10-14)20-17(22)9-12-4-3-5-13(18)8-12/h3-8,10H,9H2,1-2H3,(H,19,21)(H,20,22). The van der Waals surface area contributed by atoms with Crippen LogP contribution in [0.2, 0.25) is 0 Å². The van der Waals surface area contributed by atoms with E-state index in [1.165, 1.54) is 26.2 Å². The van der Waals surface area contributed by atoms with Crippen molar-refractivity contribution in [3.8, 4) is 5.75 Å². The summed E-state index contributed by atoms with van der Waals surface area (Å²) in [5.74, 6) is -0.451. The monoisotopic (exact) mass is 316 g/mol. The molecule has 2 aromatic carbocycles. The summed E-state index contributed by atoms with van der Waals surface area (Å²) in [4.78, 5) is 23.2. The first-order chi connectivity index (χ1) is 11.0. The number of rotatable bonds is 5. The lowest BCUT2D eigenvalue weighted by molar-refractivity contribution is -0.116. The van der Waals surface area contributed by atoms with E-state index in [1.54, 1.807) is 30.3 Å². The summed E-state index contributed by atoms with van der Waals surface area (Å²) in [6, 6.07) is 10.8. The molecule has 2 amide bonds. The van der Waals surface area contributed by atoms with Crippen LogP contribution in [0, 0.1) is 5.82 Å². The Morgan fingerprint density at radius 1 is 1.13 bits per heavy atom. The van der Waals surface area contributed by atoms with Crippen LogP contribution in [-0.2, 0) is 16.0 Å². The lowest BCUT2D eigenvalue weighted by Gasteiger charge is -2.12. The van der Waals surface area contributed by atoms with Gasteiger partial charge in [-0.2, -0.15) is 0 Å². The van der Waals surface area contributed by atoms with Gasteiger partial charge in [-0.15, -0.1) is 0 Å². The van der Waals surface area contributed by atoms with E-state index in [0.29, 0.717) is 22.7 Å². The summed E-state index contributed by atoms with van der Waals surface area (Å²) in [5, 5.41) is 5.34. The fraction of sp³-hybridized carbons (Fsp3) is 0.176. The van der Waals surface area contributed by atoms with Gasteiger partial charge in [0.15, 0.2) is 0 Å². The Kier molecular flexibility index (Phi) is 5.30. The maximum absolute atomic E-state index is 13.1. The van der Waals surface area contributed by atoms with Gasteiger partial charge in [0, 0.05) is 12.6 Å². The van der Waals surface area contributed by atoms with Crippen LogP contribution < -0.4 is 15.4 Å². The molecule has 0 atom stereocenters. The van der Waals surface area contributed by atoms with Gasteiger partial charge in [0.25, 0.3) is 0 Å². The van der Waals surface area contributed by atoms with Crippen molar-refractivity contribution in [1.82, 2.24) is 0 Å². The van der Waals surface area contributed by atoms with Crippen LogP contribution in [0.3, 0.4) is 0 Å². The highest BCUT2D eigenvalue weighted by atomic mass is 19.1. The third-order valence-electron chi connectivity index (χ3n) is 3.05. The van der Waals surface area contributed by atoms with Gasteiger partial charge in [-0.05, 0) is 35.9 Å². The third-order valence-corrected chi connectivity index (χ3v) is 3.05. The Morgan fingerprint density at radius 2 is 1.91 bits per heavy atom. The van der Waals surface area contributed by atoms with Crippen molar-refractivity contribution in [2.45, 2.75) is 13.3 Å². The summed E-state index contributed by atoms with van der Waals surface area (Å²) in [5.41, 5.74) is 1.54. The smallest absolute Gasteiger partial charge is 0.228 e. The van der Waals surface area contributed by atoms with Gasteiger partial charge in [0.05, 0.1) is 19.2 Å². The molecule has 0 radical (unpaired) electrons. The lowest BCUT2D eigenvalue weighted by Crippen LogP contribution is -2.15. The number of anilines is 2. The molecular formula is C17H17FN2O3. The molecular weight excluding hydrogens is 299 g/mol. The van der Waals surface area contributed by atoms with Crippen molar-refractivity contribution in [3.63, 3.8) is 0 Å². The Morgan fingerprint density at radius 3 is 2.57 bits per heavy atom. The zero-order valence-electron chi connectivity index (χ0n) is 12.9. The van der Waals surface area contributed by atoms with E-state index in [4.69, 9.17) is 4.74 Å². The number of methoxy groups -OCH3 is 1. The van der Waals surface area contributed by atoms with Gasteiger partial charge in [-0.1, -0.05) is 12.1 Å². The number of nitrogens with one attached hydrogen (secondary N) is 2. The van der Waals surface area contributed by atoms with E-state index in [-0.39, 0.29) is 24.1 Å². The molecule has 0 aromatic heterocycles. The molecule has 0 saturated carbocycles. The molecule has 0 aliphatic carbocycles. The summed E-state index contributed by atoms with van der Waals surface area (Å²) in [6.07, 6.45) is 0.0330. The van der Waals surface area contributed by atoms with Crippen LogP contribution in [-0.4, -0.2) is 18.9 Å². The van der Waals surface area contributed by atoms with Crippen LogP contribution in [0.15, 0.2) is 42.5 Å². The predicted molar refractivity (Wildman–Crippen MR) is 86.0 cm³/mol. The number of hydrogen-bond acceptors (Lipinski definition) is 3. The minimum absolute atomic E-state index is 0.0330. The topological polar surface area (TPSA) is 67.4 Å². The molecule has 0 spiro atoms. The van der Waals surface area contributed by atoms with Crippen molar-refractivity contribution < 1.29 is 18.7 Å². The molecule has 23 heavy (non-hydrogen) atoms. The Balaban J connectivity index is 2.13. The van der Waals surface area contributed by atoms with Gasteiger partial charge in [-0.3, -0.25) is 9.59 Å². The van der Waals surface area contributed by atoms with Crippen LogP contribution in [0.4, 0.5) is 15.8 Å². The Bertz CT molecular complexity index is 732. The second-order valence-corrected chi connectivity index (χ2v) is 4.95. The minimum atomic E-state index is -0.388. The van der Waals surface area contributed by atoms with Crippen LogP contribution >= 0.6 is 0 Å². The summed E-state index contributed by atoms with van der Waals surface area (Å²) in [7, 11) is 1.48. The van der Waals surface area contributed by atoms with Gasteiger partial charge < -0.3 is 15.4 Å². The first-order valence-electron chi connectivity index (χ1n) is 6.98.